The summed E-state index contributed by atoms with van der Waals surface area (Å²) in [4.78, 5) is 27.6. The van der Waals surface area contributed by atoms with Crippen LogP contribution < -0.4 is 5.32 Å². The third kappa shape index (κ3) is 5.28. The molecule has 1 aliphatic rings. The summed E-state index contributed by atoms with van der Waals surface area (Å²) in [5, 5.41) is 2.91. The number of carbonyl (C=O) groups excluding carboxylic acids is 1. The number of nitrogens with one attached hydrogen (secondary N) is 1. The quantitative estimate of drug-likeness (QED) is 0.431. The molecule has 0 bridgehead atoms. The van der Waals surface area contributed by atoms with E-state index in [1.165, 1.54) is 18.5 Å². The van der Waals surface area contributed by atoms with Crippen LogP contribution in [0.5, 0.6) is 0 Å². The zero-order valence-electron chi connectivity index (χ0n) is 18.5. The second-order valence-electron chi connectivity index (χ2n) is 8.94. The fourth-order valence-electron chi connectivity index (χ4n) is 3.73. The van der Waals surface area contributed by atoms with Crippen molar-refractivity contribution in [1.29, 1.82) is 0 Å². The van der Waals surface area contributed by atoms with Gasteiger partial charge in [-0.3, -0.25) is 0 Å². The minimum Gasteiger partial charge on any atom is -0.444 e. The van der Waals surface area contributed by atoms with E-state index in [1.807, 2.05) is 32.9 Å². The maximum atomic E-state index is 14.6. The van der Waals surface area contributed by atoms with E-state index in [0.717, 1.165) is 18.5 Å². The smallest absolute Gasteiger partial charge is 0.410 e. The number of benzene rings is 1. The minimum absolute atomic E-state index is 0.0328. The molecule has 10 heteroatoms. The van der Waals surface area contributed by atoms with Crippen molar-refractivity contribution < 1.29 is 13.9 Å². The summed E-state index contributed by atoms with van der Waals surface area (Å²) >= 11 is 11.8. The molecule has 1 unspecified atom stereocenters. The highest BCUT2D eigenvalue weighted by atomic mass is 35.5. The maximum absolute atomic E-state index is 14.6. The molecule has 0 spiro atoms. The summed E-state index contributed by atoms with van der Waals surface area (Å²) in [6, 6.07) is 6.75. The Morgan fingerprint density at radius 3 is 2.76 bits per heavy atom. The van der Waals surface area contributed by atoms with Gasteiger partial charge in [-0.05, 0) is 57.9 Å². The summed E-state index contributed by atoms with van der Waals surface area (Å²) in [6.07, 6.45) is 2.78. The summed E-state index contributed by atoms with van der Waals surface area (Å²) in [5.41, 5.74) is 1.49. The van der Waals surface area contributed by atoms with E-state index in [4.69, 9.17) is 32.9 Å². The third-order valence-corrected chi connectivity index (χ3v) is 6.06. The molecule has 0 aliphatic carbocycles. The van der Waals surface area contributed by atoms with E-state index < -0.39 is 11.4 Å². The zero-order valence-corrected chi connectivity index (χ0v) is 20.0. The van der Waals surface area contributed by atoms with Gasteiger partial charge in [0, 0.05) is 24.7 Å². The van der Waals surface area contributed by atoms with Gasteiger partial charge >= 0.3 is 6.09 Å². The molecule has 0 saturated carbocycles. The normalized spacial score (nSPS) is 16.7. The van der Waals surface area contributed by atoms with Gasteiger partial charge in [0.15, 0.2) is 11.6 Å². The first-order valence-electron chi connectivity index (χ1n) is 10.6. The Bertz CT molecular complexity index is 1200. The summed E-state index contributed by atoms with van der Waals surface area (Å²) in [6.45, 7) is 6.70. The molecule has 7 nitrogen and oxygen atoms in total. The molecule has 1 aromatic carbocycles. The number of aromatic nitrogens is 3. The topological polar surface area (TPSA) is 80.2 Å². The Labute approximate surface area is 201 Å². The molecular formula is C23H24Cl2FN5O2. The van der Waals surface area contributed by atoms with Crippen molar-refractivity contribution in [1.82, 2.24) is 19.9 Å². The van der Waals surface area contributed by atoms with Crippen molar-refractivity contribution in [3.8, 4) is 0 Å². The molecule has 1 saturated heterocycles. The lowest BCUT2D eigenvalue weighted by Crippen LogP contribution is -2.42. The van der Waals surface area contributed by atoms with E-state index in [9.17, 15) is 9.18 Å². The first-order chi connectivity index (χ1) is 15.6. The minimum atomic E-state index is -0.674. The van der Waals surface area contributed by atoms with Crippen molar-refractivity contribution in [3.63, 3.8) is 0 Å². The molecule has 33 heavy (non-hydrogen) atoms. The number of ether oxygens (including phenoxy) is 1. The molecule has 0 radical (unpaired) electrons. The SMILES string of the molecule is CC(C)(C)OC(=O)N1CCCC(c2ccc3ncnc(Nc4ccc(Cl)c(Cl)c4F)c3n2)C1. The van der Waals surface area contributed by atoms with Gasteiger partial charge in [0.25, 0.3) is 0 Å². The maximum Gasteiger partial charge on any atom is 0.410 e. The molecule has 1 N–H and O–H groups in total. The van der Waals surface area contributed by atoms with Gasteiger partial charge in [0.2, 0.25) is 0 Å². The van der Waals surface area contributed by atoms with Gasteiger partial charge in [-0.15, -0.1) is 0 Å². The Balaban J connectivity index is 1.62. The first-order valence-corrected chi connectivity index (χ1v) is 11.4. The number of hydrogen-bond acceptors (Lipinski definition) is 6. The van der Waals surface area contributed by atoms with Crippen molar-refractivity contribution in [2.45, 2.75) is 45.1 Å². The lowest BCUT2D eigenvalue weighted by molar-refractivity contribution is 0.0197. The number of fused-ring (bicyclic) bond motifs is 1. The Morgan fingerprint density at radius 1 is 1.21 bits per heavy atom. The molecule has 1 aliphatic heterocycles. The van der Waals surface area contributed by atoms with Crippen LogP contribution in [0, 0.1) is 5.82 Å². The van der Waals surface area contributed by atoms with Crippen molar-refractivity contribution in [2.75, 3.05) is 18.4 Å². The van der Waals surface area contributed by atoms with Crippen LogP contribution in [0.4, 0.5) is 20.7 Å². The second-order valence-corrected chi connectivity index (χ2v) is 9.72. The van der Waals surface area contributed by atoms with E-state index in [-0.39, 0.29) is 27.7 Å². The van der Waals surface area contributed by atoms with Crippen LogP contribution in [0.2, 0.25) is 10.0 Å². The fraction of sp³-hybridized carbons (Fsp3) is 0.391. The van der Waals surface area contributed by atoms with Crippen LogP contribution in [0.15, 0.2) is 30.6 Å². The van der Waals surface area contributed by atoms with Crippen molar-refractivity contribution in [3.05, 3.63) is 52.1 Å². The van der Waals surface area contributed by atoms with E-state index >= 15 is 0 Å². The zero-order chi connectivity index (χ0) is 23.8. The summed E-state index contributed by atoms with van der Waals surface area (Å²) in [5.74, 6) is -0.295. The van der Waals surface area contributed by atoms with Gasteiger partial charge in [-0.2, -0.15) is 0 Å². The van der Waals surface area contributed by atoms with Crippen molar-refractivity contribution >= 4 is 51.8 Å². The number of hydrogen-bond donors (Lipinski definition) is 1. The number of carbonyl (C=O) groups is 1. The second kappa shape index (κ2) is 9.27. The number of rotatable bonds is 3. The number of likely N-dealkylation sites (tertiary alicyclic amines) is 1. The van der Waals surface area contributed by atoms with Gasteiger partial charge in [0.1, 0.15) is 17.4 Å². The highest BCUT2D eigenvalue weighted by molar-refractivity contribution is 6.42. The summed E-state index contributed by atoms with van der Waals surface area (Å²) in [7, 11) is 0. The van der Waals surface area contributed by atoms with Crippen LogP contribution in [-0.2, 0) is 4.74 Å². The Morgan fingerprint density at radius 2 is 2.00 bits per heavy atom. The van der Waals surface area contributed by atoms with Crippen molar-refractivity contribution in [2.24, 2.45) is 0 Å². The average Bonchev–Trinajstić information content (AvgIpc) is 2.78. The lowest BCUT2D eigenvalue weighted by atomic mass is 9.94. The van der Waals surface area contributed by atoms with Crippen LogP contribution in [0.1, 0.15) is 45.2 Å². The first kappa shape index (κ1) is 23.4. The third-order valence-electron chi connectivity index (χ3n) is 5.28. The van der Waals surface area contributed by atoms with E-state index in [1.54, 1.807) is 4.90 Å². The molecule has 1 atom stereocenters. The number of halogens is 3. The molecule has 3 aromatic rings. The standard InChI is InChI=1S/C23H24Cl2FN5O2/c1-23(2,3)33-22(32)31-10-4-5-13(11-31)15-8-9-17-20(29-15)21(28-12-27-17)30-16-7-6-14(24)18(25)19(16)26/h6-9,12-13H,4-5,10-11H2,1-3H3,(H,27,28,30). The highest BCUT2D eigenvalue weighted by Gasteiger charge is 2.29. The average molecular weight is 492 g/mol. The molecule has 174 valence electrons. The van der Waals surface area contributed by atoms with Crippen LogP contribution in [0.25, 0.3) is 11.0 Å². The number of anilines is 2. The molecule has 1 fully saturated rings. The lowest BCUT2D eigenvalue weighted by Gasteiger charge is -2.34. The predicted octanol–water partition coefficient (Wildman–Crippen LogP) is 6.33. The van der Waals surface area contributed by atoms with E-state index in [0.29, 0.717) is 29.9 Å². The molecule has 2 aromatic heterocycles. The monoisotopic (exact) mass is 491 g/mol. The number of pyridine rings is 1. The predicted molar refractivity (Wildman–Crippen MR) is 127 cm³/mol. The number of nitrogens with zero attached hydrogens (tertiary/aromatic N) is 4. The van der Waals surface area contributed by atoms with Gasteiger partial charge in [0.05, 0.1) is 21.2 Å². The van der Waals surface area contributed by atoms with Crippen LogP contribution >= 0.6 is 23.2 Å². The fourth-order valence-corrected chi connectivity index (χ4v) is 4.05. The number of piperidine rings is 1. The van der Waals surface area contributed by atoms with Gasteiger partial charge in [-0.1, -0.05) is 23.2 Å². The van der Waals surface area contributed by atoms with Crippen LogP contribution in [0.3, 0.4) is 0 Å². The van der Waals surface area contributed by atoms with Gasteiger partial charge < -0.3 is 15.0 Å². The largest absolute Gasteiger partial charge is 0.444 e. The van der Waals surface area contributed by atoms with Crippen LogP contribution in [-0.4, -0.2) is 44.6 Å². The van der Waals surface area contributed by atoms with E-state index in [2.05, 4.69) is 15.3 Å². The molecular weight excluding hydrogens is 468 g/mol. The van der Waals surface area contributed by atoms with Gasteiger partial charge in [-0.25, -0.2) is 24.1 Å². The molecule has 4 rings (SSSR count). The molecule has 1 amide bonds. The molecule has 3 heterocycles. The summed E-state index contributed by atoms with van der Waals surface area (Å²) < 4.78 is 20.1. The Kier molecular flexibility index (Phi) is 6.59. The number of amides is 1. The highest BCUT2D eigenvalue weighted by Crippen LogP contribution is 2.33. The Hall–Kier alpha value is -2.71.